The summed E-state index contributed by atoms with van der Waals surface area (Å²) >= 11 is 1.46. The SMILES string of the molecule is C=CCNC(=O)NC(=O)Cn1cnc2sc(CC)cc2c1=O. The fraction of sp³-hybridized carbons (Fsp3) is 0.286. The summed E-state index contributed by atoms with van der Waals surface area (Å²) in [6, 6.07) is 1.16. The minimum absolute atomic E-state index is 0.251. The van der Waals surface area contributed by atoms with Crippen LogP contribution in [0, 0.1) is 0 Å². The molecule has 2 heterocycles. The van der Waals surface area contributed by atoms with Gasteiger partial charge in [0, 0.05) is 11.4 Å². The number of rotatable bonds is 5. The fourth-order valence-electron chi connectivity index (χ4n) is 1.83. The molecule has 116 valence electrons. The quantitative estimate of drug-likeness (QED) is 0.805. The second kappa shape index (κ2) is 6.99. The van der Waals surface area contributed by atoms with E-state index >= 15 is 0 Å². The molecular formula is C14H16N4O3S. The average Bonchev–Trinajstić information content (AvgIpc) is 2.92. The van der Waals surface area contributed by atoms with Crippen molar-refractivity contribution in [2.75, 3.05) is 6.54 Å². The van der Waals surface area contributed by atoms with Crippen LogP contribution in [0.3, 0.4) is 0 Å². The second-order valence-corrected chi connectivity index (χ2v) is 5.62. The van der Waals surface area contributed by atoms with Crippen LogP contribution in [0.1, 0.15) is 11.8 Å². The Hall–Kier alpha value is -2.48. The third-order valence-corrected chi connectivity index (χ3v) is 4.08. The Morgan fingerprint density at radius 1 is 1.50 bits per heavy atom. The highest BCUT2D eigenvalue weighted by atomic mass is 32.1. The second-order valence-electron chi connectivity index (χ2n) is 4.51. The standard InChI is InChI=1S/C14H16N4O3S/c1-3-5-15-14(21)17-11(19)7-18-8-16-12-10(13(18)20)6-9(4-2)22-12/h3,6,8H,1,4-5,7H2,2H3,(H2,15,17,19,21). The molecule has 0 unspecified atom stereocenters. The van der Waals surface area contributed by atoms with Crippen LogP contribution < -0.4 is 16.2 Å². The van der Waals surface area contributed by atoms with Gasteiger partial charge in [0.25, 0.3) is 5.56 Å². The molecule has 22 heavy (non-hydrogen) atoms. The predicted octanol–water partition coefficient (Wildman–Crippen LogP) is 1.03. The van der Waals surface area contributed by atoms with Gasteiger partial charge in [0.2, 0.25) is 5.91 Å². The number of aryl methyl sites for hydroxylation is 1. The molecule has 0 aromatic carbocycles. The number of amides is 3. The molecule has 3 amide bonds. The van der Waals surface area contributed by atoms with Crippen LogP contribution in [0.4, 0.5) is 4.79 Å². The lowest BCUT2D eigenvalue weighted by molar-refractivity contribution is -0.120. The van der Waals surface area contributed by atoms with Gasteiger partial charge in [0.15, 0.2) is 0 Å². The number of carbonyl (C=O) groups excluding carboxylic acids is 2. The van der Waals surface area contributed by atoms with Gasteiger partial charge in [-0.25, -0.2) is 9.78 Å². The number of imide groups is 1. The summed E-state index contributed by atoms with van der Waals surface area (Å²) in [5.74, 6) is -0.587. The number of aromatic nitrogens is 2. The van der Waals surface area contributed by atoms with Gasteiger partial charge in [-0.1, -0.05) is 13.0 Å². The van der Waals surface area contributed by atoms with Gasteiger partial charge in [0.1, 0.15) is 11.4 Å². The van der Waals surface area contributed by atoms with E-state index in [1.54, 1.807) is 6.07 Å². The zero-order valence-corrected chi connectivity index (χ0v) is 12.9. The molecule has 0 saturated heterocycles. The highest BCUT2D eigenvalue weighted by Gasteiger charge is 2.12. The molecule has 0 fully saturated rings. The van der Waals surface area contributed by atoms with Gasteiger partial charge >= 0.3 is 6.03 Å². The number of urea groups is 1. The molecule has 8 heteroatoms. The van der Waals surface area contributed by atoms with E-state index in [0.717, 1.165) is 11.3 Å². The molecule has 2 N–H and O–H groups in total. The van der Waals surface area contributed by atoms with E-state index in [4.69, 9.17) is 0 Å². The Bertz CT molecular complexity index is 778. The van der Waals surface area contributed by atoms with Crippen LogP contribution in [-0.4, -0.2) is 28.0 Å². The molecule has 0 atom stereocenters. The molecule has 7 nitrogen and oxygen atoms in total. The molecule has 0 aliphatic heterocycles. The number of hydrogen-bond acceptors (Lipinski definition) is 5. The van der Waals surface area contributed by atoms with Crippen molar-refractivity contribution in [1.29, 1.82) is 0 Å². The maximum atomic E-state index is 12.3. The normalized spacial score (nSPS) is 10.4. The van der Waals surface area contributed by atoms with E-state index < -0.39 is 11.9 Å². The van der Waals surface area contributed by atoms with Crippen molar-refractivity contribution in [3.05, 3.63) is 40.3 Å². The fourth-order valence-corrected chi connectivity index (χ4v) is 2.75. The van der Waals surface area contributed by atoms with Crippen molar-refractivity contribution < 1.29 is 9.59 Å². The number of nitrogens with zero attached hydrogens (tertiary/aromatic N) is 2. The predicted molar refractivity (Wildman–Crippen MR) is 85.0 cm³/mol. The number of thiophene rings is 1. The van der Waals surface area contributed by atoms with Crippen LogP contribution in [0.15, 0.2) is 29.8 Å². The molecule has 0 aliphatic carbocycles. The van der Waals surface area contributed by atoms with E-state index in [0.29, 0.717) is 10.2 Å². The molecule has 0 bridgehead atoms. The van der Waals surface area contributed by atoms with Crippen LogP contribution in [0.5, 0.6) is 0 Å². The summed E-state index contributed by atoms with van der Waals surface area (Å²) in [6.45, 7) is 5.44. The first kappa shape index (κ1) is 15.9. The van der Waals surface area contributed by atoms with Gasteiger partial charge in [0.05, 0.1) is 11.7 Å². The first-order valence-corrected chi connectivity index (χ1v) is 7.53. The molecule has 2 aromatic rings. The molecule has 0 spiro atoms. The molecule has 0 radical (unpaired) electrons. The van der Waals surface area contributed by atoms with Gasteiger partial charge in [-0.15, -0.1) is 17.9 Å². The topological polar surface area (TPSA) is 93.1 Å². The lowest BCUT2D eigenvalue weighted by atomic mass is 10.3. The highest BCUT2D eigenvalue weighted by Crippen LogP contribution is 2.20. The summed E-state index contributed by atoms with van der Waals surface area (Å²) in [5, 5.41) is 5.04. The summed E-state index contributed by atoms with van der Waals surface area (Å²) in [6.07, 6.45) is 3.64. The molecule has 0 saturated carbocycles. The number of nitrogens with one attached hydrogen (secondary N) is 2. The van der Waals surface area contributed by atoms with Crippen LogP contribution in [-0.2, 0) is 17.8 Å². The van der Waals surface area contributed by atoms with Crippen molar-refractivity contribution >= 4 is 33.5 Å². The largest absolute Gasteiger partial charge is 0.334 e. The van der Waals surface area contributed by atoms with Gasteiger partial charge in [-0.05, 0) is 12.5 Å². The molecular weight excluding hydrogens is 304 g/mol. The molecule has 2 aromatic heterocycles. The Morgan fingerprint density at radius 2 is 2.27 bits per heavy atom. The minimum Gasteiger partial charge on any atom is -0.334 e. The monoisotopic (exact) mass is 320 g/mol. The Kier molecular flexibility index (Phi) is 5.05. The maximum Gasteiger partial charge on any atom is 0.321 e. The average molecular weight is 320 g/mol. The Morgan fingerprint density at radius 3 is 2.95 bits per heavy atom. The van der Waals surface area contributed by atoms with E-state index in [-0.39, 0.29) is 18.6 Å². The zero-order chi connectivity index (χ0) is 16.1. The van der Waals surface area contributed by atoms with Gasteiger partial charge < -0.3 is 5.32 Å². The van der Waals surface area contributed by atoms with Gasteiger partial charge in [-0.2, -0.15) is 0 Å². The summed E-state index contributed by atoms with van der Waals surface area (Å²) in [5.41, 5.74) is -0.289. The first-order chi connectivity index (χ1) is 10.5. The number of hydrogen-bond donors (Lipinski definition) is 2. The van der Waals surface area contributed by atoms with Crippen molar-refractivity contribution in [3.63, 3.8) is 0 Å². The first-order valence-electron chi connectivity index (χ1n) is 6.71. The summed E-state index contributed by atoms with van der Waals surface area (Å²) in [4.78, 5) is 41.3. The molecule has 0 aliphatic rings. The Balaban J connectivity index is 2.12. The van der Waals surface area contributed by atoms with Crippen LogP contribution >= 0.6 is 11.3 Å². The van der Waals surface area contributed by atoms with Crippen molar-refractivity contribution in [3.8, 4) is 0 Å². The van der Waals surface area contributed by atoms with Crippen LogP contribution in [0.25, 0.3) is 10.2 Å². The number of fused-ring (bicyclic) bond motifs is 1. The van der Waals surface area contributed by atoms with Crippen molar-refractivity contribution in [1.82, 2.24) is 20.2 Å². The lowest BCUT2D eigenvalue weighted by Gasteiger charge is -2.06. The van der Waals surface area contributed by atoms with Crippen molar-refractivity contribution in [2.24, 2.45) is 0 Å². The Labute approximate surface area is 130 Å². The van der Waals surface area contributed by atoms with Gasteiger partial charge in [-0.3, -0.25) is 19.5 Å². The summed E-state index contributed by atoms with van der Waals surface area (Å²) in [7, 11) is 0. The van der Waals surface area contributed by atoms with Crippen molar-refractivity contribution in [2.45, 2.75) is 19.9 Å². The van der Waals surface area contributed by atoms with Crippen LogP contribution in [0.2, 0.25) is 0 Å². The smallest absolute Gasteiger partial charge is 0.321 e. The summed E-state index contributed by atoms with van der Waals surface area (Å²) < 4.78 is 1.19. The zero-order valence-electron chi connectivity index (χ0n) is 12.1. The minimum atomic E-state index is -0.629. The van der Waals surface area contributed by atoms with E-state index in [1.807, 2.05) is 6.92 Å². The van der Waals surface area contributed by atoms with E-state index in [9.17, 15) is 14.4 Å². The third kappa shape index (κ3) is 3.59. The van der Waals surface area contributed by atoms with E-state index in [1.165, 1.54) is 28.3 Å². The maximum absolute atomic E-state index is 12.3. The third-order valence-electron chi connectivity index (χ3n) is 2.89. The lowest BCUT2D eigenvalue weighted by Crippen LogP contribution is -2.42. The van der Waals surface area contributed by atoms with E-state index in [2.05, 4.69) is 22.2 Å². The number of carbonyl (C=O) groups is 2. The molecule has 2 rings (SSSR count). The highest BCUT2D eigenvalue weighted by molar-refractivity contribution is 7.18.